The Balaban J connectivity index is 1.59. The van der Waals surface area contributed by atoms with Crippen molar-refractivity contribution < 1.29 is 17.6 Å². The molecule has 1 amide bonds. The minimum Gasteiger partial charge on any atom is -0.455 e. The zero-order valence-electron chi connectivity index (χ0n) is 14.4. The number of nitrogens with one attached hydrogen (secondary N) is 1. The second kappa shape index (κ2) is 8.39. The summed E-state index contributed by atoms with van der Waals surface area (Å²) >= 11 is 0. The summed E-state index contributed by atoms with van der Waals surface area (Å²) < 4.78 is 30.1. The minimum absolute atomic E-state index is 0.0507. The van der Waals surface area contributed by atoms with Crippen molar-refractivity contribution in [3.8, 4) is 11.8 Å². The second-order valence-corrected chi connectivity index (χ2v) is 7.68. The third-order valence-corrected chi connectivity index (χ3v) is 5.32. The molecule has 0 unspecified atom stereocenters. The van der Waals surface area contributed by atoms with Gasteiger partial charge in [-0.2, -0.15) is 0 Å². The smallest absolute Gasteiger partial charge is 0.287 e. The molecule has 1 heterocycles. The molecule has 3 rings (SSSR count). The van der Waals surface area contributed by atoms with Gasteiger partial charge in [-0.3, -0.25) is 4.79 Å². The van der Waals surface area contributed by atoms with Crippen molar-refractivity contribution in [1.82, 2.24) is 5.32 Å². The Morgan fingerprint density at radius 2 is 1.59 bits per heavy atom. The summed E-state index contributed by atoms with van der Waals surface area (Å²) in [5.41, 5.74) is 0.859. The predicted molar refractivity (Wildman–Crippen MR) is 102 cm³/mol. The number of furan rings is 1. The van der Waals surface area contributed by atoms with E-state index in [1.807, 2.05) is 30.3 Å². The van der Waals surface area contributed by atoms with Gasteiger partial charge in [-0.15, -0.1) is 0 Å². The van der Waals surface area contributed by atoms with Crippen molar-refractivity contribution >= 4 is 15.7 Å². The maximum atomic E-state index is 12.3. The topological polar surface area (TPSA) is 76.4 Å². The monoisotopic (exact) mass is 379 g/mol. The van der Waals surface area contributed by atoms with Gasteiger partial charge in [-0.25, -0.2) is 8.42 Å². The molecule has 0 aliphatic heterocycles. The average Bonchev–Trinajstić information content (AvgIpc) is 3.14. The number of hydrogen-bond acceptors (Lipinski definition) is 4. The molecule has 0 saturated carbocycles. The quantitative estimate of drug-likeness (QED) is 0.692. The van der Waals surface area contributed by atoms with Crippen LogP contribution in [0.5, 0.6) is 0 Å². The normalized spacial score (nSPS) is 10.7. The molecule has 0 bridgehead atoms. The number of hydrogen-bond donors (Lipinski definition) is 1. The van der Waals surface area contributed by atoms with E-state index in [0.717, 1.165) is 5.56 Å². The van der Waals surface area contributed by atoms with Gasteiger partial charge in [0.15, 0.2) is 15.6 Å². The lowest BCUT2D eigenvalue weighted by Crippen LogP contribution is -2.23. The standard InChI is InChI=1S/C21H17NO4S/c23-21(22-15-7-10-17-8-3-1-4-9-17)20-14-13-18(26-20)16-27(24,25)19-11-5-2-6-12-19/h1-6,8-9,11-14H,15-16H2,(H,22,23). The van der Waals surface area contributed by atoms with E-state index in [-0.39, 0.29) is 28.7 Å². The highest BCUT2D eigenvalue weighted by atomic mass is 32.2. The summed E-state index contributed by atoms with van der Waals surface area (Å²) in [5.74, 6) is 5.29. The summed E-state index contributed by atoms with van der Waals surface area (Å²) in [7, 11) is -3.53. The molecule has 0 radical (unpaired) electrons. The number of sulfone groups is 1. The Hall–Kier alpha value is -3.30. The fourth-order valence-corrected chi connectivity index (χ4v) is 3.62. The largest absolute Gasteiger partial charge is 0.455 e. The summed E-state index contributed by atoms with van der Waals surface area (Å²) in [6.07, 6.45) is 0. The Bertz CT molecular complexity index is 1080. The van der Waals surface area contributed by atoms with Crippen LogP contribution in [-0.2, 0) is 15.6 Å². The van der Waals surface area contributed by atoms with Crippen molar-refractivity contribution in [3.05, 3.63) is 89.9 Å². The molecule has 5 nitrogen and oxygen atoms in total. The van der Waals surface area contributed by atoms with Crippen LogP contribution in [0.25, 0.3) is 0 Å². The fraction of sp³-hybridized carbons (Fsp3) is 0.0952. The molecule has 1 aromatic heterocycles. The van der Waals surface area contributed by atoms with Gasteiger partial charge >= 0.3 is 0 Å². The number of benzene rings is 2. The third kappa shape index (κ3) is 5.09. The van der Waals surface area contributed by atoms with Gasteiger partial charge in [0.1, 0.15) is 11.5 Å². The lowest BCUT2D eigenvalue weighted by Gasteiger charge is -2.02. The summed E-state index contributed by atoms with van der Waals surface area (Å²) in [4.78, 5) is 12.3. The maximum Gasteiger partial charge on any atom is 0.287 e. The SMILES string of the molecule is O=C(NCC#Cc1ccccc1)c1ccc(CS(=O)(=O)c2ccccc2)o1. The van der Waals surface area contributed by atoms with Crippen LogP contribution in [0.2, 0.25) is 0 Å². The van der Waals surface area contributed by atoms with E-state index in [1.165, 1.54) is 24.3 Å². The molecule has 0 aliphatic rings. The lowest BCUT2D eigenvalue weighted by atomic mass is 10.2. The minimum atomic E-state index is -3.53. The molecule has 6 heteroatoms. The molecule has 0 atom stereocenters. The van der Waals surface area contributed by atoms with Crippen LogP contribution in [0.15, 0.2) is 82.1 Å². The van der Waals surface area contributed by atoms with E-state index in [4.69, 9.17) is 4.42 Å². The Kier molecular flexibility index (Phi) is 5.74. The molecule has 2 aromatic carbocycles. The maximum absolute atomic E-state index is 12.3. The van der Waals surface area contributed by atoms with Crippen molar-refractivity contribution in [2.24, 2.45) is 0 Å². The van der Waals surface area contributed by atoms with Gasteiger partial charge < -0.3 is 9.73 Å². The van der Waals surface area contributed by atoms with E-state index < -0.39 is 15.7 Å². The first-order valence-electron chi connectivity index (χ1n) is 8.23. The summed E-state index contributed by atoms with van der Waals surface area (Å²) in [5, 5.41) is 2.62. The highest BCUT2D eigenvalue weighted by Crippen LogP contribution is 2.18. The molecule has 136 valence electrons. The number of carbonyl (C=O) groups excluding carboxylic acids is 1. The first-order valence-corrected chi connectivity index (χ1v) is 9.88. The van der Waals surface area contributed by atoms with Crippen molar-refractivity contribution in [3.63, 3.8) is 0 Å². The molecule has 3 aromatic rings. The van der Waals surface area contributed by atoms with Crippen LogP contribution < -0.4 is 5.32 Å². The molecular weight excluding hydrogens is 362 g/mol. The van der Waals surface area contributed by atoms with Crippen molar-refractivity contribution in [1.29, 1.82) is 0 Å². The van der Waals surface area contributed by atoms with Gasteiger partial charge in [-0.05, 0) is 36.4 Å². The van der Waals surface area contributed by atoms with Crippen molar-refractivity contribution in [2.75, 3.05) is 6.54 Å². The predicted octanol–water partition coefficient (Wildman–Crippen LogP) is 3.04. The van der Waals surface area contributed by atoms with Crippen LogP contribution in [0.3, 0.4) is 0 Å². The fourth-order valence-electron chi connectivity index (χ4n) is 2.36. The molecule has 0 spiro atoms. The number of rotatable bonds is 5. The van der Waals surface area contributed by atoms with E-state index in [2.05, 4.69) is 17.2 Å². The van der Waals surface area contributed by atoms with Crippen LogP contribution in [0.1, 0.15) is 21.9 Å². The van der Waals surface area contributed by atoms with Crippen LogP contribution in [0, 0.1) is 11.8 Å². The second-order valence-electron chi connectivity index (χ2n) is 5.69. The molecule has 0 aliphatic carbocycles. The van der Waals surface area contributed by atoms with Gasteiger partial charge in [0.2, 0.25) is 0 Å². The molecular formula is C21H17NO4S. The lowest BCUT2D eigenvalue weighted by molar-refractivity contribution is 0.0929. The van der Waals surface area contributed by atoms with E-state index in [9.17, 15) is 13.2 Å². The first kappa shape index (κ1) is 18.5. The first-order chi connectivity index (χ1) is 13.0. The molecule has 0 saturated heterocycles. The average molecular weight is 379 g/mol. The Labute approximate surface area is 158 Å². The third-order valence-electron chi connectivity index (χ3n) is 3.66. The highest BCUT2D eigenvalue weighted by molar-refractivity contribution is 7.90. The summed E-state index contributed by atoms with van der Waals surface area (Å²) in [6, 6.07) is 20.5. The van der Waals surface area contributed by atoms with Gasteiger partial charge in [0.25, 0.3) is 5.91 Å². The Morgan fingerprint density at radius 1 is 0.926 bits per heavy atom. The summed E-state index contributed by atoms with van der Waals surface area (Å²) in [6.45, 7) is 0.159. The van der Waals surface area contributed by atoms with Crippen LogP contribution in [-0.4, -0.2) is 20.9 Å². The van der Waals surface area contributed by atoms with Crippen molar-refractivity contribution in [2.45, 2.75) is 10.6 Å². The number of carbonyl (C=O) groups is 1. The van der Waals surface area contributed by atoms with E-state index >= 15 is 0 Å². The van der Waals surface area contributed by atoms with Gasteiger partial charge in [-0.1, -0.05) is 48.2 Å². The molecule has 0 fully saturated rings. The van der Waals surface area contributed by atoms with E-state index in [1.54, 1.807) is 18.2 Å². The van der Waals surface area contributed by atoms with Crippen LogP contribution >= 0.6 is 0 Å². The Morgan fingerprint density at radius 3 is 2.30 bits per heavy atom. The molecule has 1 N–H and O–H groups in total. The number of amides is 1. The van der Waals surface area contributed by atoms with E-state index in [0.29, 0.717) is 0 Å². The van der Waals surface area contributed by atoms with Gasteiger partial charge in [0.05, 0.1) is 11.4 Å². The molecule has 27 heavy (non-hydrogen) atoms. The highest BCUT2D eigenvalue weighted by Gasteiger charge is 2.18. The zero-order valence-corrected chi connectivity index (χ0v) is 15.2. The van der Waals surface area contributed by atoms with Gasteiger partial charge in [0, 0.05) is 5.56 Å². The zero-order chi connectivity index (χ0) is 19.1. The van der Waals surface area contributed by atoms with Crippen LogP contribution in [0.4, 0.5) is 0 Å².